The molecule has 0 radical (unpaired) electrons. The Morgan fingerprint density at radius 3 is 2.38 bits per heavy atom. The SMILES string of the molecule is C=CCNC(=O)C(=O)C(CCCC)NC(=O)[C@@H]1CC(C(C)C)CN1C(=O)[C@@H](NC(=O)N[C@H](C[NH2+]Cc1sccc1S)C(C)(C)C)C1(C)CCCCC1. The summed E-state index contributed by atoms with van der Waals surface area (Å²) in [6.07, 6.45) is 8.19. The molecule has 2 heterocycles. The first-order chi connectivity index (χ1) is 24.5. The smallest absolute Gasteiger partial charge is 0.315 e. The fraction of sp³-hybridized carbons (Fsp3) is 0.718. The first-order valence-electron chi connectivity index (χ1n) is 19.2. The molecule has 292 valence electrons. The lowest BCUT2D eigenvalue weighted by Gasteiger charge is -2.42. The maximum Gasteiger partial charge on any atom is 0.315 e. The molecule has 52 heavy (non-hydrogen) atoms. The summed E-state index contributed by atoms with van der Waals surface area (Å²) >= 11 is 6.21. The molecule has 1 aromatic rings. The van der Waals surface area contributed by atoms with Crippen molar-refractivity contribution in [1.82, 2.24) is 26.2 Å². The second kappa shape index (κ2) is 20.0. The molecule has 11 nitrogen and oxygen atoms in total. The van der Waals surface area contributed by atoms with Crippen LogP contribution < -0.4 is 26.6 Å². The molecule has 13 heteroatoms. The maximum absolute atomic E-state index is 14.9. The molecule has 0 spiro atoms. The number of nitrogens with zero attached hydrogens (tertiary/aromatic N) is 1. The zero-order valence-electron chi connectivity index (χ0n) is 32.5. The third-order valence-corrected chi connectivity index (χ3v) is 12.5. The van der Waals surface area contributed by atoms with Crippen LogP contribution >= 0.6 is 24.0 Å². The summed E-state index contributed by atoms with van der Waals surface area (Å²) in [4.78, 5) is 72.4. The van der Waals surface area contributed by atoms with Gasteiger partial charge in [-0.15, -0.1) is 30.5 Å². The average Bonchev–Trinajstić information content (AvgIpc) is 3.73. The molecule has 5 amide bonds. The molecule has 1 aromatic heterocycles. The average molecular weight is 762 g/mol. The van der Waals surface area contributed by atoms with Crippen molar-refractivity contribution >= 4 is 53.5 Å². The highest BCUT2D eigenvalue weighted by atomic mass is 32.1. The molecule has 2 aliphatic rings. The molecule has 1 aliphatic heterocycles. The predicted molar refractivity (Wildman–Crippen MR) is 210 cm³/mol. The van der Waals surface area contributed by atoms with Gasteiger partial charge >= 0.3 is 6.03 Å². The van der Waals surface area contributed by atoms with Crippen molar-refractivity contribution in [2.45, 2.75) is 142 Å². The van der Waals surface area contributed by atoms with Gasteiger partial charge in [0, 0.05) is 18.0 Å². The monoisotopic (exact) mass is 761 g/mol. The number of ketones is 1. The van der Waals surface area contributed by atoms with Gasteiger partial charge in [0.15, 0.2) is 0 Å². The summed E-state index contributed by atoms with van der Waals surface area (Å²) in [6, 6.07) is -1.30. The first kappa shape index (κ1) is 43.5. The number of thiophene rings is 1. The first-order valence-corrected chi connectivity index (χ1v) is 20.5. The Morgan fingerprint density at radius 1 is 1.12 bits per heavy atom. The topological polar surface area (TPSA) is 153 Å². The van der Waals surface area contributed by atoms with E-state index in [1.165, 1.54) is 11.0 Å². The van der Waals surface area contributed by atoms with Gasteiger partial charge in [-0.25, -0.2) is 4.79 Å². The summed E-state index contributed by atoms with van der Waals surface area (Å²) < 4.78 is 0. The summed E-state index contributed by atoms with van der Waals surface area (Å²) in [5, 5.41) is 15.9. The number of carbonyl (C=O) groups excluding carboxylic acids is 5. The number of quaternary nitrogens is 1. The van der Waals surface area contributed by atoms with E-state index in [1.807, 2.05) is 18.4 Å². The summed E-state index contributed by atoms with van der Waals surface area (Å²) in [5.41, 5.74) is -0.754. The second-order valence-corrected chi connectivity index (χ2v) is 17.9. The van der Waals surface area contributed by atoms with Gasteiger partial charge in [0.2, 0.25) is 17.6 Å². The third kappa shape index (κ3) is 12.1. The van der Waals surface area contributed by atoms with Gasteiger partial charge in [-0.05, 0) is 59.8 Å². The predicted octanol–water partition coefficient (Wildman–Crippen LogP) is 4.57. The molecular formula is C39H65N6O5S2+. The van der Waals surface area contributed by atoms with E-state index < -0.39 is 47.2 Å². The number of carbonyl (C=O) groups is 5. The Balaban J connectivity index is 1.86. The van der Waals surface area contributed by atoms with Crippen LogP contribution in [0.1, 0.15) is 111 Å². The molecule has 3 rings (SSSR count). The van der Waals surface area contributed by atoms with E-state index in [1.54, 1.807) is 16.2 Å². The van der Waals surface area contributed by atoms with Gasteiger partial charge in [0.25, 0.3) is 5.91 Å². The van der Waals surface area contributed by atoms with Crippen LogP contribution in [-0.4, -0.2) is 78.2 Å². The Bertz CT molecular complexity index is 1390. The largest absolute Gasteiger partial charge is 0.346 e. The summed E-state index contributed by atoms with van der Waals surface area (Å²) in [6.45, 7) is 20.0. The van der Waals surface area contributed by atoms with Gasteiger partial charge in [-0.1, -0.05) is 86.6 Å². The third-order valence-electron chi connectivity index (χ3n) is 11.0. The zero-order chi connectivity index (χ0) is 38.6. The number of thiol groups is 1. The van der Waals surface area contributed by atoms with Crippen molar-refractivity contribution in [2.75, 3.05) is 19.6 Å². The molecule has 1 saturated carbocycles. The van der Waals surface area contributed by atoms with Crippen LogP contribution in [0.25, 0.3) is 0 Å². The van der Waals surface area contributed by atoms with Gasteiger partial charge < -0.3 is 31.5 Å². The van der Waals surface area contributed by atoms with E-state index in [9.17, 15) is 24.0 Å². The number of nitrogens with two attached hydrogens (primary N) is 1. The highest BCUT2D eigenvalue weighted by Crippen LogP contribution is 2.41. The number of nitrogens with one attached hydrogen (secondary N) is 4. The Morgan fingerprint density at radius 2 is 1.81 bits per heavy atom. The molecule has 2 unspecified atom stereocenters. The minimum absolute atomic E-state index is 0.0518. The fourth-order valence-corrected chi connectivity index (χ4v) is 8.57. The quantitative estimate of drug-likeness (QED) is 0.0736. The number of Topliss-reactive ketones (excluding diaryl/α,β-unsaturated/α-hetero) is 1. The van der Waals surface area contributed by atoms with E-state index in [0.717, 1.165) is 50.0 Å². The molecule has 6 N–H and O–H groups in total. The van der Waals surface area contributed by atoms with Crippen LogP contribution in [0.5, 0.6) is 0 Å². The number of likely N-dealkylation sites (tertiary alicyclic amines) is 1. The molecule has 1 aliphatic carbocycles. The second-order valence-electron chi connectivity index (χ2n) is 16.5. The highest BCUT2D eigenvalue weighted by molar-refractivity contribution is 7.80. The van der Waals surface area contributed by atoms with E-state index in [-0.39, 0.29) is 35.7 Å². The van der Waals surface area contributed by atoms with Crippen molar-refractivity contribution in [3.63, 3.8) is 0 Å². The van der Waals surface area contributed by atoms with Crippen LogP contribution in [0, 0.1) is 22.7 Å². The van der Waals surface area contributed by atoms with E-state index in [2.05, 4.69) is 87.3 Å². The standard InChI is InChI=1S/C39H64N6O5S2/c1-9-11-15-27(32(46)35(48)41-19-10-2)42-34(47)28-21-26(25(3)4)24-45(28)36(49)33(39(8)17-13-12-14-18-39)44-37(50)43-31(38(5,6)7)23-40-22-30-29(51)16-20-52-30/h10,16,20,25-28,31,33,40,51H,2,9,11-15,17-19,21-24H2,1,3-8H3,(H,41,48)(H,42,47)(H2,43,44,50)/p+1/t26?,27?,28-,31+,33+/m0/s1. The number of amides is 5. The number of urea groups is 1. The van der Waals surface area contributed by atoms with E-state index >= 15 is 0 Å². The lowest BCUT2D eigenvalue weighted by Crippen LogP contribution is -2.86. The van der Waals surface area contributed by atoms with Gasteiger partial charge in [0.05, 0.1) is 23.5 Å². The van der Waals surface area contributed by atoms with Crippen molar-refractivity contribution < 1.29 is 29.3 Å². The maximum atomic E-state index is 14.9. The highest BCUT2D eigenvalue weighted by Gasteiger charge is 2.49. The summed E-state index contributed by atoms with van der Waals surface area (Å²) in [7, 11) is 0. The van der Waals surface area contributed by atoms with E-state index in [0.29, 0.717) is 32.4 Å². The number of hydrogen-bond donors (Lipinski definition) is 6. The lowest BCUT2D eigenvalue weighted by molar-refractivity contribution is -0.673. The van der Waals surface area contributed by atoms with Crippen molar-refractivity contribution in [3.05, 3.63) is 29.0 Å². The molecule has 5 atom stereocenters. The Kier molecular flexibility index (Phi) is 16.7. The minimum atomic E-state index is -1.01. The van der Waals surface area contributed by atoms with Crippen LogP contribution in [0.15, 0.2) is 29.0 Å². The molecule has 1 saturated heterocycles. The normalized spacial score (nSPS) is 20.4. The van der Waals surface area contributed by atoms with Crippen LogP contribution in [0.2, 0.25) is 0 Å². The minimum Gasteiger partial charge on any atom is -0.346 e. The Hall–Kier alpha value is -2.90. The van der Waals surface area contributed by atoms with Gasteiger partial charge in [-0.2, -0.15) is 0 Å². The number of unbranched alkanes of at least 4 members (excludes halogenated alkanes) is 1. The van der Waals surface area contributed by atoms with Gasteiger partial charge in [-0.3, -0.25) is 19.2 Å². The van der Waals surface area contributed by atoms with E-state index in [4.69, 9.17) is 0 Å². The van der Waals surface area contributed by atoms with Gasteiger partial charge in [0.1, 0.15) is 18.6 Å². The van der Waals surface area contributed by atoms with Crippen molar-refractivity contribution in [2.24, 2.45) is 22.7 Å². The zero-order valence-corrected chi connectivity index (χ0v) is 34.2. The lowest BCUT2D eigenvalue weighted by atomic mass is 9.70. The van der Waals surface area contributed by atoms with Crippen LogP contribution in [-0.2, 0) is 25.7 Å². The molecule has 0 aromatic carbocycles. The molecule has 2 fully saturated rings. The van der Waals surface area contributed by atoms with Crippen molar-refractivity contribution in [1.29, 1.82) is 0 Å². The number of hydrogen-bond acceptors (Lipinski definition) is 7. The molecular weight excluding hydrogens is 697 g/mol. The molecule has 0 bridgehead atoms. The Labute approximate surface area is 321 Å². The van der Waals surface area contributed by atoms with Crippen LogP contribution in [0.4, 0.5) is 4.79 Å². The summed E-state index contributed by atoms with van der Waals surface area (Å²) in [5.74, 6) is -1.95. The van der Waals surface area contributed by atoms with Crippen molar-refractivity contribution in [3.8, 4) is 0 Å². The number of rotatable bonds is 18. The fourth-order valence-electron chi connectivity index (χ4n) is 7.37. The van der Waals surface area contributed by atoms with Crippen LogP contribution in [0.3, 0.4) is 0 Å².